The first-order valence-corrected chi connectivity index (χ1v) is 8.81. The first-order chi connectivity index (χ1) is 11.7. The number of hydrogen-bond acceptors (Lipinski definition) is 5. The topological polar surface area (TPSA) is 55.8 Å². The summed E-state index contributed by atoms with van der Waals surface area (Å²) in [6, 6.07) is 13.7. The molecule has 5 nitrogen and oxygen atoms in total. The van der Waals surface area contributed by atoms with E-state index in [9.17, 15) is 9.59 Å². The number of carbonyl (C=O) groups excluding carboxylic acids is 2. The number of hydrogen-bond donors (Lipinski definition) is 0. The molecule has 2 aromatic rings. The molecule has 0 saturated carbocycles. The van der Waals surface area contributed by atoms with Crippen LogP contribution in [0.5, 0.6) is 5.75 Å². The van der Waals surface area contributed by atoms with E-state index in [1.165, 1.54) is 18.9 Å². The Balaban J connectivity index is 1.59. The first-order valence-electron chi connectivity index (χ1n) is 7.76. The van der Waals surface area contributed by atoms with E-state index >= 15 is 0 Å². The number of thioether (sulfide) groups is 1. The lowest BCUT2D eigenvalue weighted by atomic mass is 10.1. The summed E-state index contributed by atoms with van der Waals surface area (Å²) >= 11 is 1.52. The van der Waals surface area contributed by atoms with Crippen LogP contribution in [0.15, 0.2) is 42.5 Å². The zero-order valence-corrected chi connectivity index (χ0v) is 14.3. The Morgan fingerprint density at radius 3 is 2.79 bits per heavy atom. The molecule has 1 saturated heterocycles. The van der Waals surface area contributed by atoms with Gasteiger partial charge in [-0.2, -0.15) is 0 Å². The predicted octanol–water partition coefficient (Wildman–Crippen LogP) is 2.34. The average molecular weight is 345 g/mol. The van der Waals surface area contributed by atoms with Gasteiger partial charge in [-0.25, -0.2) is 0 Å². The Bertz CT molecular complexity index is 749. The van der Waals surface area contributed by atoms with Crippen molar-refractivity contribution in [1.29, 1.82) is 0 Å². The van der Waals surface area contributed by atoms with Gasteiger partial charge in [0.2, 0.25) is 0 Å². The van der Waals surface area contributed by atoms with Crippen LogP contribution in [-0.4, -0.2) is 54.6 Å². The number of benzene rings is 2. The smallest absolute Gasteiger partial charge is 0.320 e. The van der Waals surface area contributed by atoms with Crippen LogP contribution < -0.4 is 4.74 Å². The van der Waals surface area contributed by atoms with E-state index in [0.717, 1.165) is 16.5 Å². The second-order valence-electron chi connectivity index (χ2n) is 5.52. The van der Waals surface area contributed by atoms with Crippen molar-refractivity contribution >= 4 is 34.4 Å². The third-order valence-corrected chi connectivity index (χ3v) is 5.13. The van der Waals surface area contributed by atoms with Gasteiger partial charge in [0, 0.05) is 18.8 Å². The van der Waals surface area contributed by atoms with Gasteiger partial charge < -0.3 is 14.4 Å². The molecular formula is C18H19NO4S. The van der Waals surface area contributed by atoms with Gasteiger partial charge in [0.1, 0.15) is 11.0 Å². The minimum atomic E-state index is -0.312. The normalized spacial score (nSPS) is 17.5. The number of rotatable bonds is 4. The van der Waals surface area contributed by atoms with E-state index in [0.29, 0.717) is 18.8 Å². The average Bonchev–Trinajstić information content (AvgIpc) is 2.65. The molecule has 0 unspecified atom stereocenters. The highest BCUT2D eigenvalue weighted by Crippen LogP contribution is 2.22. The maximum Gasteiger partial charge on any atom is 0.320 e. The molecule has 1 aliphatic heterocycles. The second kappa shape index (κ2) is 7.57. The summed E-state index contributed by atoms with van der Waals surface area (Å²) in [5.74, 6) is 0.991. The summed E-state index contributed by atoms with van der Waals surface area (Å²) in [6.07, 6.45) is 0. The van der Waals surface area contributed by atoms with Gasteiger partial charge in [0.15, 0.2) is 6.61 Å². The molecule has 1 atom stereocenters. The van der Waals surface area contributed by atoms with Crippen molar-refractivity contribution in [3.8, 4) is 5.75 Å². The maximum atomic E-state index is 12.3. The molecule has 0 spiro atoms. The Morgan fingerprint density at radius 1 is 1.21 bits per heavy atom. The van der Waals surface area contributed by atoms with Gasteiger partial charge >= 0.3 is 5.97 Å². The molecule has 1 amide bonds. The molecule has 1 heterocycles. The molecular weight excluding hydrogens is 326 g/mol. The van der Waals surface area contributed by atoms with Crippen molar-refractivity contribution in [2.75, 3.05) is 32.6 Å². The largest absolute Gasteiger partial charge is 0.484 e. The summed E-state index contributed by atoms with van der Waals surface area (Å²) in [4.78, 5) is 25.6. The number of esters is 1. The molecule has 0 aliphatic carbocycles. The van der Waals surface area contributed by atoms with E-state index < -0.39 is 0 Å². The third kappa shape index (κ3) is 3.82. The Hall–Kier alpha value is -2.21. The SMILES string of the molecule is COC(=O)[C@@H]1CN(C(=O)COc2ccc3ccccc3c2)CCS1. The molecule has 2 aromatic carbocycles. The molecule has 0 aromatic heterocycles. The zero-order valence-electron chi connectivity index (χ0n) is 13.4. The fourth-order valence-electron chi connectivity index (χ4n) is 2.64. The van der Waals surface area contributed by atoms with Gasteiger partial charge in [-0.15, -0.1) is 11.8 Å². The van der Waals surface area contributed by atoms with E-state index in [4.69, 9.17) is 9.47 Å². The molecule has 3 rings (SSSR count). The summed E-state index contributed by atoms with van der Waals surface area (Å²) in [5, 5.41) is 1.89. The van der Waals surface area contributed by atoms with Crippen LogP contribution in [-0.2, 0) is 14.3 Å². The minimum absolute atomic E-state index is 0.0309. The number of nitrogens with zero attached hydrogens (tertiary/aromatic N) is 1. The van der Waals surface area contributed by atoms with Gasteiger partial charge in [-0.1, -0.05) is 30.3 Å². The van der Waals surface area contributed by atoms with Gasteiger partial charge in [0.05, 0.1) is 7.11 Å². The van der Waals surface area contributed by atoms with Crippen LogP contribution in [0, 0.1) is 0 Å². The number of methoxy groups -OCH3 is 1. The predicted molar refractivity (Wildman–Crippen MR) is 94.3 cm³/mol. The van der Waals surface area contributed by atoms with Crippen LogP contribution in [0.1, 0.15) is 0 Å². The van der Waals surface area contributed by atoms with Crippen molar-refractivity contribution < 1.29 is 19.1 Å². The van der Waals surface area contributed by atoms with Crippen molar-refractivity contribution in [2.24, 2.45) is 0 Å². The quantitative estimate of drug-likeness (QED) is 0.796. The fraction of sp³-hybridized carbons (Fsp3) is 0.333. The monoisotopic (exact) mass is 345 g/mol. The molecule has 0 N–H and O–H groups in total. The van der Waals surface area contributed by atoms with Crippen LogP contribution in [0.3, 0.4) is 0 Å². The van der Waals surface area contributed by atoms with Gasteiger partial charge in [0.25, 0.3) is 5.91 Å². The van der Waals surface area contributed by atoms with Crippen molar-refractivity contribution in [1.82, 2.24) is 4.90 Å². The van der Waals surface area contributed by atoms with Crippen molar-refractivity contribution in [3.63, 3.8) is 0 Å². The summed E-state index contributed by atoms with van der Waals surface area (Å²) in [5.41, 5.74) is 0. The molecule has 126 valence electrons. The Kier molecular flexibility index (Phi) is 5.25. The van der Waals surface area contributed by atoms with Gasteiger partial charge in [-0.3, -0.25) is 9.59 Å². The van der Waals surface area contributed by atoms with E-state index in [-0.39, 0.29) is 23.7 Å². The molecule has 6 heteroatoms. The standard InChI is InChI=1S/C18H19NO4S/c1-22-18(21)16-11-19(8-9-24-16)17(20)12-23-15-7-6-13-4-2-3-5-14(13)10-15/h2-7,10,16H,8-9,11-12H2,1H3/t16-/m0/s1. The highest BCUT2D eigenvalue weighted by molar-refractivity contribution is 8.00. The highest BCUT2D eigenvalue weighted by atomic mass is 32.2. The maximum absolute atomic E-state index is 12.3. The molecule has 0 radical (unpaired) electrons. The summed E-state index contributed by atoms with van der Waals surface area (Å²) < 4.78 is 10.4. The summed E-state index contributed by atoms with van der Waals surface area (Å²) in [6.45, 7) is 0.965. The molecule has 24 heavy (non-hydrogen) atoms. The Morgan fingerprint density at radius 2 is 2.00 bits per heavy atom. The molecule has 1 aliphatic rings. The van der Waals surface area contributed by atoms with Crippen LogP contribution in [0.25, 0.3) is 10.8 Å². The van der Waals surface area contributed by atoms with Crippen molar-refractivity contribution in [3.05, 3.63) is 42.5 Å². The fourth-order valence-corrected chi connectivity index (χ4v) is 3.77. The van der Waals surface area contributed by atoms with Crippen LogP contribution in [0.4, 0.5) is 0 Å². The lowest BCUT2D eigenvalue weighted by molar-refractivity contribution is -0.141. The lowest BCUT2D eigenvalue weighted by Crippen LogP contribution is -2.46. The first kappa shape index (κ1) is 16.6. The highest BCUT2D eigenvalue weighted by Gasteiger charge is 2.29. The lowest BCUT2D eigenvalue weighted by Gasteiger charge is -2.30. The van der Waals surface area contributed by atoms with Crippen LogP contribution in [0.2, 0.25) is 0 Å². The number of ether oxygens (including phenoxy) is 2. The third-order valence-electron chi connectivity index (χ3n) is 3.97. The number of amides is 1. The van der Waals surface area contributed by atoms with E-state index in [1.807, 2.05) is 42.5 Å². The zero-order chi connectivity index (χ0) is 16.9. The summed E-state index contributed by atoms with van der Waals surface area (Å²) in [7, 11) is 1.37. The van der Waals surface area contributed by atoms with Crippen LogP contribution >= 0.6 is 11.8 Å². The molecule has 0 bridgehead atoms. The Labute approximate surface area is 144 Å². The van der Waals surface area contributed by atoms with E-state index in [1.54, 1.807) is 4.90 Å². The number of fused-ring (bicyclic) bond motifs is 1. The minimum Gasteiger partial charge on any atom is -0.484 e. The van der Waals surface area contributed by atoms with E-state index in [2.05, 4.69) is 0 Å². The molecule has 1 fully saturated rings. The number of carbonyl (C=O) groups is 2. The second-order valence-corrected chi connectivity index (χ2v) is 6.83. The van der Waals surface area contributed by atoms with Gasteiger partial charge in [-0.05, 0) is 22.9 Å². The van der Waals surface area contributed by atoms with Crippen molar-refractivity contribution in [2.45, 2.75) is 5.25 Å².